The first kappa shape index (κ1) is 25.4. The quantitative estimate of drug-likeness (QED) is 0.227. The van der Waals surface area contributed by atoms with Crippen LogP contribution in [0.2, 0.25) is 0 Å². The van der Waals surface area contributed by atoms with Crippen LogP contribution in [-0.2, 0) is 9.53 Å². The number of ether oxygens (including phenoxy) is 2. The molecule has 4 unspecified atom stereocenters. The van der Waals surface area contributed by atoms with Crippen LogP contribution in [0.3, 0.4) is 0 Å². The van der Waals surface area contributed by atoms with Gasteiger partial charge in [-0.15, -0.1) is 16.5 Å². The molecule has 0 spiro atoms. The summed E-state index contributed by atoms with van der Waals surface area (Å²) in [6.07, 6.45) is 1.31. The van der Waals surface area contributed by atoms with Gasteiger partial charge in [0.25, 0.3) is 0 Å². The van der Waals surface area contributed by atoms with Gasteiger partial charge in [0.2, 0.25) is 5.91 Å². The topological polar surface area (TPSA) is 134 Å². The van der Waals surface area contributed by atoms with Crippen molar-refractivity contribution in [3.8, 4) is 5.75 Å². The highest BCUT2D eigenvalue weighted by atomic mass is 35.5. The fraction of sp³-hybridized carbons (Fsp3) is 0.684. The van der Waals surface area contributed by atoms with E-state index in [-0.39, 0.29) is 5.38 Å². The van der Waals surface area contributed by atoms with Crippen LogP contribution in [0.5, 0.6) is 5.75 Å². The number of nitroso groups, excluding NO2 is 1. The summed E-state index contributed by atoms with van der Waals surface area (Å²) in [6.45, 7) is 3.16. The number of nitrogens with zero attached hydrogens (tertiary/aromatic N) is 4. The molecule has 1 fully saturated rings. The summed E-state index contributed by atoms with van der Waals surface area (Å²) in [4.78, 5) is 32.2. The minimum atomic E-state index is -1.24. The number of hydrogen-bond acceptors (Lipinski definition) is 10. The van der Waals surface area contributed by atoms with E-state index >= 15 is 0 Å². The maximum Gasteiger partial charge on any atom is 0.234 e. The van der Waals surface area contributed by atoms with Crippen molar-refractivity contribution in [3.05, 3.63) is 23.4 Å². The lowest BCUT2D eigenvalue weighted by atomic mass is 9.98. The maximum absolute atomic E-state index is 13.1. The van der Waals surface area contributed by atoms with Gasteiger partial charge < -0.3 is 25.4 Å². The number of nitrogens with two attached hydrogens (primary N) is 1. The predicted octanol–water partition coefficient (Wildman–Crippen LogP) is 0.113. The first-order chi connectivity index (χ1) is 14.8. The van der Waals surface area contributed by atoms with Gasteiger partial charge in [0.1, 0.15) is 24.0 Å². The standard InChI is InChI=1S/C19H32ClN7O4/c1-26(2)6-7-30-8-9-31-15-4-5-22-11-14(15)24-19(28)16(17(21)25-29)18-23-10-13(20)12-27(18)3/h4-5,11,13,16-18,23H,6-10,12,21H2,1-3H3,(H,24,28). The molecule has 1 aromatic heterocycles. The highest BCUT2D eigenvalue weighted by Gasteiger charge is 2.39. The first-order valence-corrected chi connectivity index (χ1v) is 10.5. The summed E-state index contributed by atoms with van der Waals surface area (Å²) in [7, 11) is 5.75. The van der Waals surface area contributed by atoms with Gasteiger partial charge in [-0.1, -0.05) is 5.18 Å². The van der Waals surface area contributed by atoms with E-state index in [1.807, 2.05) is 23.9 Å². The summed E-state index contributed by atoms with van der Waals surface area (Å²) < 4.78 is 11.3. The smallest absolute Gasteiger partial charge is 0.234 e. The number of carbonyl (C=O) groups excluding carboxylic acids is 1. The van der Waals surface area contributed by atoms with Crippen molar-refractivity contribution in [2.45, 2.75) is 17.7 Å². The molecular formula is C19H32ClN7O4. The largest absolute Gasteiger partial charge is 0.489 e. The van der Waals surface area contributed by atoms with Gasteiger partial charge >= 0.3 is 0 Å². The van der Waals surface area contributed by atoms with Crippen molar-refractivity contribution in [2.75, 3.05) is 65.9 Å². The number of amides is 1. The van der Waals surface area contributed by atoms with Crippen LogP contribution in [0.4, 0.5) is 5.69 Å². The molecule has 12 heteroatoms. The molecule has 2 rings (SSSR count). The lowest BCUT2D eigenvalue weighted by Crippen LogP contribution is -2.62. The zero-order chi connectivity index (χ0) is 22.8. The van der Waals surface area contributed by atoms with Gasteiger partial charge in [-0.2, -0.15) is 0 Å². The summed E-state index contributed by atoms with van der Waals surface area (Å²) >= 11 is 6.16. The number of carbonyl (C=O) groups is 1. The predicted molar refractivity (Wildman–Crippen MR) is 119 cm³/mol. The van der Waals surface area contributed by atoms with Crippen molar-refractivity contribution in [2.24, 2.45) is 16.8 Å². The second kappa shape index (κ2) is 12.8. The van der Waals surface area contributed by atoms with Crippen molar-refractivity contribution >= 4 is 23.2 Å². The number of nitrogens with one attached hydrogen (secondary N) is 2. The third-order valence-corrected chi connectivity index (χ3v) is 5.14. The Hall–Kier alpha value is -1.89. The molecule has 4 N–H and O–H groups in total. The van der Waals surface area contributed by atoms with Gasteiger partial charge in [-0.25, -0.2) is 0 Å². The number of rotatable bonds is 12. The second-order valence-corrected chi connectivity index (χ2v) is 8.25. The minimum absolute atomic E-state index is 0.108. The molecule has 1 saturated heterocycles. The second-order valence-electron chi connectivity index (χ2n) is 7.64. The van der Waals surface area contributed by atoms with E-state index in [4.69, 9.17) is 26.8 Å². The van der Waals surface area contributed by atoms with Crippen LogP contribution in [-0.4, -0.2) is 99.0 Å². The number of halogens is 1. The van der Waals surface area contributed by atoms with E-state index in [1.54, 1.807) is 19.3 Å². The van der Waals surface area contributed by atoms with E-state index in [2.05, 4.69) is 20.8 Å². The molecule has 1 amide bonds. The fourth-order valence-corrected chi connectivity index (χ4v) is 3.53. The molecule has 0 bridgehead atoms. The molecule has 11 nitrogen and oxygen atoms in total. The molecule has 1 aliphatic heterocycles. The Morgan fingerprint density at radius 2 is 2.26 bits per heavy atom. The van der Waals surface area contributed by atoms with Crippen LogP contribution < -0.4 is 21.1 Å². The molecule has 31 heavy (non-hydrogen) atoms. The number of pyridine rings is 1. The minimum Gasteiger partial charge on any atom is -0.489 e. The third-order valence-electron chi connectivity index (χ3n) is 4.85. The Balaban J connectivity index is 2.01. The lowest BCUT2D eigenvalue weighted by Gasteiger charge is -2.40. The van der Waals surface area contributed by atoms with Crippen LogP contribution in [0.25, 0.3) is 0 Å². The normalized spacial score (nSPS) is 21.5. The third kappa shape index (κ3) is 7.95. The average molecular weight is 458 g/mol. The van der Waals surface area contributed by atoms with E-state index in [9.17, 15) is 9.70 Å². The van der Waals surface area contributed by atoms with Crippen molar-refractivity contribution in [1.82, 2.24) is 20.1 Å². The van der Waals surface area contributed by atoms with E-state index in [1.165, 1.54) is 6.20 Å². The zero-order valence-electron chi connectivity index (χ0n) is 18.2. The summed E-state index contributed by atoms with van der Waals surface area (Å²) in [6, 6.07) is 1.64. The van der Waals surface area contributed by atoms with Gasteiger partial charge in [0.05, 0.1) is 31.0 Å². The van der Waals surface area contributed by atoms with Crippen molar-refractivity contribution in [1.29, 1.82) is 0 Å². The zero-order valence-corrected chi connectivity index (χ0v) is 18.9. The highest BCUT2D eigenvalue weighted by Crippen LogP contribution is 2.25. The van der Waals surface area contributed by atoms with Gasteiger partial charge in [0.15, 0.2) is 6.17 Å². The van der Waals surface area contributed by atoms with E-state index in [0.717, 1.165) is 6.54 Å². The molecule has 174 valence electrons. The van der Waals surface area contributed by atoms with Crippen LogP contribution >= 0.6 is 11.6 Å². The average Bonchev–Trinajstić information content (AvgIpc) is 2.73. The van der Waals surface area contributed by atoms with E-state index < -0.39 is 24.2 Å². The Morgan fingerprint density at radius 3 is 2.94 bits per heavy atom. The number of alkyl halides is 1. The summed E-state index contributed by atoms with van der Waals surface area (Å²) in [5.41, 5.74) is 6.25. The van der Waals surface area contributed by atoms with Crippen LogP contribution in [0, 0.1) is 10.8 Å². The SMILES string of the molecule is CN(C)CCOCCOc1ccncc1NC(=O)C(C(N)N=O)C1NCC(Cl)CN1C. The molecule has 4 atom stereocenters. The van der Waals surface area contributed by atoms with Crippen LogP contribution in [0.15, 0.2) is 23.6 Å². The Kier molecular flexibility index (Phi) is 10.5. The monoisotopic (exact) mass is 457 g/mol. The fourth-order valence-electron chi connectivity index (χ4n) is 3.22. The number of hydrogen-bond donors (Lipinski definition) is 3. The molecular weight excluding hydrogens is 426 g/mol. The lowest BCUT2D eigenvalue weighted by molar-refractivity contribution is -0.123. The van der Waals surface area contributed by atoms with Gasteiger partial charge in [-0.3, -0.25) is 20.0 Å². The molecule has 1 aliphatic rings. The number of aromatic nitrogens is 1. The molecule has 1 aromatic rings. The maximum atomic E-state index is 13.1. The first-order valence-electron chi connectivity index (χ1n) is 10.1. The molecule has 0 saturated carbocycles. The molecule has 0 radical (unpaired) electrons. The Bertz CT molecular complexity index is 712. The highest BCUT2D eigenvalue weighted by molar-refractivity contribution is 6.21. The molecule has 2 heterocycles. The summed E-state index contributed by atoms with van der Waals surface area (Å²) in [5.74, 6) is -0.963. The van der Waals surface area contributed by atoms with E-state index in [0.29, 0.717) is 44.3 Å². The Morgan fingerprint density at radius 1 is 1.48 bits per heavy atom. The van der Waals surface area contributed by atoms with Crippen LogP contribution in [0.1, 0.15) is 0 Å². The van der Waals surface area contributed by atoms with Gasteiger partial charge in [0, 0.05) is 31.9 Å². The molecule has 0 aromatic carbocycles. The molecule has 0 aliphatic carbocycles. The number of anilines is 1. The van der Waals surface area contributed by atoms with Gasteiger partial charge in [-0.05, 0) is 21.1 Å². The Labute approximate surface area is 187 Å². The van der Waals surface area contributed by atoms with Crippen molar-refractivity contribution < 1.29 is 14.3 Å². The number of likely N-dealkylation sites (N-methyl/N-ethyl adjacent to an activating group) is 1. The summed E-state index contributed by atoms with van der Waals surface area (Å²) in [5, 5.41) is 8.72. The van der Waals surface area contributed by atoms with Crippen molar-refractivity contribution in [3.63, 3.8) is 0 Å².